The molecule has 4 N–H and O–H groups in total. The summed E-state index contributed by atoms with van der Waals surface area (Å²) in [5, 5.41) is 11.2. The van der Waals surface area contributed by atoms with E-state index in [1.165, 1.54) is 0 Å². The van der Waals surface area contributed by atoms with Crippen LogP contribution in [-0.4, -0.2) is 40.8 Å². The van der Waals surface area contributed by atoms with Gasteiger partial charge in [0.05, 0.1) is 6.61 Å². The van der Waals surface area contributed by atoms with Gasteiger partial charge in [-0.25, -0.2) is 20.4 Å². The largest absolute Gasteiger partial charge is 0.465 e. The highest BCUT2D eigenvalue weighted by Crippen LogP contribution is 2.13. The molecule has 0 unspecified atom stereocenters. The summed E-state index contributed by atoms with van der Waals surface area (Å²) in [6.07, 6.45) is -1.30. The predicted molar refractivity (Wildman–Crippen MR) is 53.2 cm³/mol. The molecule has 15 heavy (non-hydrogen) atoms. The fourth-order valence-electron chi connectivity index (χ4n) is 0.974. The molecule has 0 aromatic heterocycles. The van der Waals surface area contributed by atoms with E-state index in [0.717, 1.165) is 0 Å². The Balaban J connectivity index is 4.39. The van der Waals surface area contributed by atoms with Crippen LogP contribution in [0.15, 0.2) is 0 Å². The van der Waals surface area contributed by atoms with Gasteiger partial charge in [-0.2, -0.15) is 0 Å². The molecule has 0 aromatic rings. The molecule has 0 spiro atoms. The van der Waals surface area contributed by atoms with Crippen LogP contribution in [0.2, 0.25) is 0 Å². The summed E-state index contributed by atoms with van der Waals surface area (Å²) in [5.41, 5.74) is -0.792. The Morgan fingerprint density at radius 3 is 2.33 bits per heavy atom. The van der Waals surface area contributed by atoms with Crippen LogP contribution in [0, 0.1) is 0 Å². The van der Waals surface area contributed by atoms with Gasteiger partial charge in [0.15, 0.2) is 0 Å². The van der Waals surface area contributed by atoms with E-state index in [9.17, 15) is 9.59 Å². The highest BCUT2D eigenvalue weighted by atomic mass is 16.6. The molecular formula is C8H17N3O4. The summed E-state index contributed by atoms with van der Waals surface area (Å²) in [6.45, 7) is 5.17. The number of nitrogens with zero attached hydrogens (tertiary/aromatic N) is 1. The van der Waals surface area contributed by atoms with Crippen LogP contribution in [0.3, 0.4) is 0 Å². The van der Waals surface area contributed by atoms with Gasteiger partial charge in [0, 0.05) is 12.1 Å². The Kier molecular flexibility index (Phi) is 5.03. The van der Waals surface area contributed by atoms with Gasteiger partial charge in [0.25, 0.3) is 0 Å². The third kappa shape index (κ3) is 4.61. The monoisotopic (exact) mass is 219 g/mol. The predicted octanol–water partition coefficient (Wildman–Crippen LogP) is 0.365. The van der Waals surface area contributed by atoms with Crippen molar-refractivity contribution in [2.45, 2.75) is 26.3 Å². The van der Waals surface area contributed by atoms with Crippen LogP contribution < -0.4 is 11.2 Å². The minimum Gasteiger partial charge on any atom is -0.465 e. The number of carbonyl (C=O) groups is 2. The van der Waals surface area contributed by atoms with Gasteiger partial charge in [-0.3, -0.25) is 0 Å². The van der Waals surface area contributed by atoms with Crippen molar-refractivity contribution >= 4 is 12.1 Å². The van der Waals surface area contributed by atoms with Crippen LogP contribution in [0.25, 0.3) is 0 Å². The normalized spacial score (nSPS) is 10.9. The van der Waals surface area contributed by atoms with Crippen molar-refractivity contribution in [1.82, 2.24) is 10.2 Å². The molecule has 0 saturated carbocycles. The number of imide groups is 1. The van der Waals surface area contributed by atoms with Gasteiger partial charge in [-0.15, -0.1) is 0 Å². The van der Waals surface area contributed by atoms with Crippen LogP contribution in [0.5, 0.6) is 0 Å². The quantitative estimate of drug-likeness (QED) is 0.469. The van der Waals surface area contributed by atoms with Crippen molar-refractivity contribution in [3.05, 3.63) is 0 Å². The van der Waals surface area contributed by atoms with E-state index in [1.54, 1.807) is 20.8 Å². The first kappa shape index (κ1) is 13.7. The zero-order valence-corrected chi connectivity index (χ0v) is 9.11. The van der Waals surface area contributed by atoms with Gasteiger partial charge in [0.1, 0.15) is 0 Å². The van der Waals surface area contributed by atoms with E-state index in [4.69, 9.17) is 11.0 Å². The SMILES string of the molecule is CC(C)(C)N(C(=O)O)C(=O)NCCON. The second-order valence-corrected chi connectivity index (χ2v) is 3.89. The van der Waals surface area contributed by atoms with Crippen molar-refractivity contribution < 1.29 is 19.5 Å². The zero-order valence-electron chi connectivity index (χ0n) is 9.11. The molecule has 0 fully saturated rings. The molecule has 0 heterocycles. The molecule has 0 aromatic carbocycles. The lowest BCUT2D eigenvalue weighted by Gasteiger charge is -2.30. The molecule has 0 aliphatic heterocycles. The van der Waals surface area contributed by atoms with Gasteiger partial charge >= 0.3 is 12.1 Å². The molecule has 0 rings (SSSR count). The standard InChI is InChI=1S/C8H17N3O4/c1-8(2,3)11(7(13)14)6(12)10-4-5-15-9/h4-5,9H2,1-3H3,(H,10,12)(H,13,14). The Morgan fingerprint density at radius 2 is 2.00 bits per heavy atom. The van der Waals surface area contributed by atoms with Crippen molar-refractivity contribution in [3.8, 4) is 0 Å². The van der Waals surface area contributed by atoms with Gasteiger partial charge in [0.2, 0.25) is 0 Å². The topological polar surface area (TPSA) is 105 Å². The zero-order chi connectivity index (χ0) is 12.1. The maximum Gasteiger partial charge on any atom is 0.416 e. The van der Waals surface area contributed by atoms with Crippen LogP contribution in [-0.2, 0) is 4.84 Å². The van der Waals surface area contributed by atoms with E-state index >= 15 is 0 Å². The molecule has 0 saturated heterocycles. The number of rotatable bonds is 3. The Morgan fingerprint density at radius 1 is 1.47 bits per heavy atom. The van der Waals surface area contributed by atoms with Crippen molar-refractivity contribution in [3.63, 3.8) is 0 Å². The van der Waals surface area contributed by atoms with Gasteiger partial charge in [-0.1, -0.05) is 0 Å². The number of hydrogen-bond donors (Lipinski definition) is 3. The number of carboxylic acid groups (broad SMARTS) is 1. The van der Waals surface area contributed by atoms with E-state index < -0.39 is 17.7 Å². The number of hydrogen-bond acceptors (Lipinski definition) is 4. The molecule has 88 valence electrons. The smallest absolute Gasteiger partial charge is 0.416 e. The van der Waals surface area contributed by atoms with Crippen molar-refractivity contribution in [1.29, 1.82) is 0 Å². The van der Waals surface area contributed by atoms with E-state index in [2.05, 4.69) is 10.2 Å². The van der Waals surface area contributed by atoms with Crippen LogP contribution in [0.4, 0.5) is 9.59 Å². The first-order valence-electron chi connectivity index (χ1n) is 4.43. The summed E-state index contributed by atoms with van der Waals surface area (Å²) >= 11 is 0. The average Bonchev–Trinajstić information content (AvgIpc) is 2.00. The molecule has 7 heteroatoms. The second kappa shape index (κ2) is 5.52. The Bertz CT molecular complexity index is 237. The molecule has 0 atom stereocenters. The Hall–Kier alpha value is -1.34. The Labute approximate surface area is 88.1 Å². The summed E-state index contributed by atoms with van der Waals surface area (Å²) in [5.74, 6) is 4.76. The fraction of sp³-hybridized carbons (Fsp3) is 0.750. The lowest BCUT2D eigenvalue weighted by Crippen LogP contribution is -2.53. The van der Waals surface area contributed by atoms with Gasteiger partial charge < -0.3 is 15.3 Å². The van der Waals surface area contributed by atoms with Crippen molar-refractivity contribution in [2.24, 2.45) is 5.90 Å². The first-order valence-corrected chi connectivity index (χ1v) is 4.43. The summed E-state index contributed by atoms with van der Waals surface area (Å²) in [7, 11) is 0. The number of amides is 3. The third-order valence-electron chi connectivity index (χ3n) is 1.56. The average molecular weight is 219 g/mol. The number of urea groups is 1. The number of nitrogens with two attached hydrogens (primary N) is 1. The highest BCUT2D eigenvalue weighted by Gasteiger charge is 2.32. The molecule has 7 nitrogen and oxygen atoms in total. The minimum absolute atomic E-state index is 0.128. The van der Waals surface area contributed by atoms with Crippen molar-refractivity contribution in [2.75, 3.05) is 13.2 Å². The maximum absolute atomic E-state index is 11.4. The van der Waals surface area contributed by atoms with Crippen LogP contribution in [0.1, 0.15) is 20.8 Å². The summed E-state index contributed by atoms with van der Waals surface area (Å²) in [4.78, 5) is 27.2. The number of nitrogens with one attached hydrogen (secondary N) is 1. The lowest BCUT2D eigenvalue weighted by atomic mass is 10.1. The molecule has 0 aliphatic carbocycles. The van der Waals surface area contributed by atoms with E-state index in [0.29, 0.717) is 4.90 Å². The molecule has 0 bridgehead atoms. The summed E-state index contributed by atoms with van der Waals surface area (Å²) < 4.78 is 0. The fourth-order valence-corrected chi connectivity index (χ4v) is 0.974. The number of carbonyl (C=O) groups excluding carboxylic acids is 1. The molecule has 3 amide bonds. The van der Waals surface area contributed by atoms with E-state index in [1.807, 2.05) is 0 Å². The third-order valence-corrected chi connectivity index (χ3v) is 1.56. The van der Waals surface area contributed by atoms with E-state index in [-0.39, 0.29) is 13.2 Å². The minimum atomic E-state index is -1.30. The van der Waals surface area contributed by atoms with Gasteiger partial charge in [-0.05, 0) is 20.8 Å². The maximum atomic E-state index is 11.4. The lowest BCUT2D eigenvalue weighted by molar-refractivity contribution is 0.108. The van der Waals surface area contributed by atoms with Crippen LogP contribution >= 0.6 is 0 Å². The summed E-state index contributed by atoms with van der Waals surface area (Å²) in [6, 6.07) is -0.688. The molecule has 0 aliphatic rings. The highest BCUT2D eigenvalue weighted by molar-refractivity contribution is 5.90. The second-order valence-electron chi connectivity index (χ2n) is 3.89. The molecule has 0 radical (unpaired) electrons. The first-order chi connectivity index (χ1) is 6.80. The molecular weight excluding hydrogens is 202 g/mol.